The fraction of sp³-hybridized carbons (Fsp3) is 0.600. The summed E-state index contributed by atoms with van der Waals surface area (Å²) in [5, 5.41) is 0. The molecule has 0 unspecified atom stereocenters. The quantitative estimate of drug-likeness (QED) is 0.886. The van der Waals surface area contributed by atoms with Crippen LogP contribution in [0.1, 0.15) is 18.4 Å². The highest BCUT2D eigenvalue weighted by Crippen LogP contribution is 2.30. The first-order chi connectivity index (χ1) is 9.13. The molecule has 3 nitrogen and oxygen atoms in total. The molecule has 1 saturated heterocycles. The maximum atomic E-state index is 13.2. The Bertz CT molecular complexity index is 405. The largest absolute Gasteiger partial charge is 0.381 e. The van der Waals surface area contributed by atoms with Crippen molar-refractivity contribution in [3.63, 3.8) is 0 Å². The molecule has 1 aromatic carbocycles. The van der Waals surface area contributed by atoms with Gasteiger partial charge >= 0.3 is 0 Å². The molecule has 0 aliphatic carbocycles. The molecule has 0 saturated carbocycles. The summed E-state index contributed by atoms with van der Waals surface area (Å²) >= 11 is 0. The zero-order valence-corrected chi connectivity index (χ0v) is 11.6. The van der Waals surface area contributed by atoms with Gasteiger partial charge in [-0.25, -0.2) is 4.39 Å². The Hall–Kier alpha value is -0.970. The number of hydrogen-bond donors (Lipinski definition) is 1. The molecule has 106 valence electrons. The highest BCUT2D eigenvalue weighted by molar-refractivity contribution is 5.16. The van der Waals surface area contributed by atoms with E-state index in [1.54, 1.807) is 12.1 Å². The Morgan fingerprint density at radius 2 is 2.11 bits per heavy atom. The summed E-state index contributed by atoms with van der Waals surface area (Å²) in [6, 6.07) is 6.78. The first-order valence-corrected chi connectivity index (χ1v) is 6.84. The standard InChI is InChI=1S/C15H23FN2O/c1-18(10-13-3-2-4-14(16)9-13)12-15(11-17)5-7-19-8-6-15/h2-4,9H,5-8,10-12,17H2,1H3. The van der Waals surface area contributed by atoms with E-state index in [0.29, 0.717) is 6.54 Å². The number of halogens is 1. The Labute approximate surface area is 114 Å². The summed E-state index contributed by atoms with van der Waals surface area (Å²) < 4.78 is 18.6. The molecular weight excluding hydrogens is 243 g/mol. The van der Waals surface area contributed by atoms with Gasteiger partial charge in [-0.2, -0.15) is 0 Å². The molecule has 4 heteroatoms. The molecule has 0 bridgehead atoms. The molecule has 0 amide bonds. The second kappa shape index (κ2) is 6.46. The number of nitrogens with zero attached hydrogens (tertiary/aromatic N) is 1. The van der Waals surface area contributed by atoms with Crippen LogP contribution in [0.25, 0.3) is 0 Å². The second-order valence-electron chi connectivity index (χ2n) is 5.62. The van der Waals surface area contributed by atoms with E-state index >= 15 is 0 Å². The SMILES string of the molecule is CN(Cc1cccc(F)c1)CC1(CN)CCOCC1. The van der Waals surface area contributed by atoms with Gasteiger partial charge in [-0.05, 0) is 49.5 Å². The fourth-order valence-corrected chi connectivity index (χ4v) is 2.81. The highest BCUT2D eigenvalue weighted by Gasteiger charge is 2.32. The summed E-state index contributed by atoms with van der Waals surface area (Å²) in [6.07, 6.45) is 2.02. The minimum atomic E-state index is -0.175. The van der Waals surface area contributed by atoms with Crippen molar-refractivity contribution in [2.24, 2.45) is 11.1 Å². The summed E-state index contributed by atoms with van der Waals surface area (Å²) in [5.41, 5.74) is 7.12. The van der Waals surface area contributed by atoms with Crippen LogP contribution in [0.4, 0.5) is 4.39 Å². The van der Waals surface area contributed by atoms with Crippen LogP contribution in [-0.2, 0) is 11.3 Å². The van der Waals surface area contributed by atoms with E-state index in [0.717, 1.165) is 44.7 Å². The van der Waals surface area contributed by atoms with Crippen LogP contribution in [0.15, 0.2) is 24.3 Å². The number of nitrogens with two attached hydrogens (primary N) is 1. The van der Waals surface area contributed by atoms with E-state index < -0.39 is 0 Å². The lowest BCUT2D eigenvalue weighted by Crippen LogP contribution is -2.44. The lowest BCUT2D eigenvalue weighted by atomic mass is 9.80. The van der Waals surface area contributed by atoms with E-state index in [9.17, 15) is 4.39 Å². The molecular formula is C15H23FN2O. The number of ether oxygens (including phenoxy) is 1. The molecule has 0 atom stereocenters. The van der Waals surface area contributed by atoms with Crippen molar-refractivity contribution < 1.29 is 9.13 Å². The van der Waals surface area contributed by atoms with Gasteiger partial charge in [0.2, 0.25) is 0 Å². The van der Waals surface area contributed by atoms with Crippen molar-refractivity contribution >= 4 is 0 Å². The van der Waals surface area contributed by atoms with Crippen molar-refractivity contribution in [1.82, 2.24) is 4.90 Å². The van der Waals surface area contributed by atoms with Gasteiger partial charge < -0.3 is 15.4 Å². The molecule has 2 rings (SSSR count). The van der Waals surface area contributed by atoms with Gasteiger partial charge in [0.1, 0.15) is 5.82 Å². The molecule has 1 aliphatic heterocycles. The zero-order chi connectivity index (χ0) is 13.7. The predicted octanol–water partition coefficient (Wildman–Crippen LogP) is 2.01. The minimum Gasteiger partial charge on any atom is -0.381 e. The molecule has 19 heavy (non-hydrogen) atoms. The fourth-order valence-electron chi connectivity index (χ4n) is 2.81. The van der Waals surface area contributed by atoms with E-state index in [1.807, 2.05) is 6.07 Å². The molecule has 0 spiro atoms. The predicted molar refractivity (Wildman–Crippen MR) is 74.3 cm³/mol. The number of benzene rings is 1. The Morgan fingerprint density at radius 3 is 2.74 bits per heavy atom. The van der Waals surface area contributed by atoms with Crippen molar-refractivity contribution in [2.45, 2.75) is 19.4 Å². The summed E-state index contributed by atoms with van der Waals surface area (Å²) in [7, 11) is 2.07. The lowest BCUT2D eigenvalue weighted by Gasteiger charge is -2.39. The molecule has 1 aromatic rings. The van der Waals surface area contributed by atoms with E-state index in [-0.39, 0.29) is 11.2 Å². The van der Waals surface area contributed by atoms with Gasteiger partial charge in [0, 0.05) is 26.3 Å². The molecule has 0 aromatic heterocycles. The molecule has 1 aliphatic rings. The zero-order valence-electron chi connectivity index (χ0n) is 11.6. The molecule has 0 radical (unpaired) electrons. The van der Waals surface area contributed by atoms with Crippen molar-refractivity contribution in [2.75, 3.05) is 33.4 Å². The van der Waals surface area contributed by atoms with E-state index in [4.69, 9.17) is 10.5 Å². The third-order valence-corrected chi connectivity index (χ3v) is 3.93. The Morgan fingerprint density at radius 1 is 1.37 bits per heavy atom. The maximum absolute atomic E-state index is 13.2. The molecule has 1 fully saturated rings. The number of rotatable bonds is 5. The van der Waals surface area contributed by atoms with Crippen LogP contribution in [0.3, 0.4) is 0 Å². The minimum absolute atomic E-state index is 0.153. The van der Waals surface area contributed by atoms with Crippen molar-refractivity contribution in [1.29, 1.82) is 0 Å². The van der Waals surface area contributed by atoms with Crippen LogP contribution >= 0.6 is 0 Å². The van der Waals surface area contributed by atoms with Crippen LogP contribution in [-0.4, -0.2) is 38.3 Å². The smallest absolute Gasteiger partial charge is 0.123 e. The highest BCUT2D eigenvalue weighted by atomic mass is 19.1. The monoisotopic (exact) mass is 266 g/mol. The van der Waals surface area contributed by atoms with Gasteiger partial charge in [-0.15, -0.1) is 0 Å². The Balaban J connectivity index is 1.94. The van der Waals surface area contributed by atoms with E-state index in [1.165, 1.54) is 6.07 Å². The Kier molecular flexibility index (Phi) is 4.91. The van der Waals surface area contributed by atoms with Crippen molar-refractivity contribution in [3.8, 4) is 0 Å². The van der Waals surface area contributed by atoms with Crippen LogP contribution in [0, 0.1) is 11.2 Å². The topological polar surface area (TPSA) is 38.5 Å². The van der Waals surface area contributed by atoms with E-state index in [2.05, 4.69) is 11.9 Å². The first kappa shape index (κ1) is 14.4. The van der Waals surface area contributed by atoms with Gasteiger partial charge in [0.15, 0.2) is 0 Å². The summed E-state index contributed by atoms with van der Waals surface area (Å²) in [4.78, 5) is 2.23. The lowest BCUT2D eigenvalue weighted by molar-refractivity contribution is 0.00267. The first-order valence-electron chi connectivity index (χ1n) is 6.84. The molecule has 1 heterocycles. The molecule has 2 N–H and O–H groups in total. The second-order valence-corrected chi connectivity index (χ2v) is 5.62. The maximum Gasteiger partial charge on any atom is 0.123 e. The van der Waals surface area contributed by atoms with Gasteiger partial charge in [-0.3, -0.25) is 0 Å². The van der Waals surface area contributed by atoms with Gasteiger partial charge in [-0.1, -0.05) is 12.1 Å². The third kappa shape index (κ3) is 4.00. The third-order valence-electron chi connectivity index (χ3n) is 3.93. The number of hydrogen-bond acceptors (Lipinski definition) is 3. The summed E-state index contributed by atoms with van der Waals surface area (Å²) in [5.74, 6) is -0.175. The summed E-state index contributed by atoms with van der Waals surface area (Å²) in [6.45, 7) is 3.96. The van der Waals surface area contributed by atoms with Gasteiger partial charge in [0.25, 0.3) is 0 Å². The van der Waals surface area contributed by atoms with Gasteiger partial charge in [0.05, 0.1) is 0 Å². The average Bonchev–Trinajstić information content (AvgIpc) is 2.39. The average molecular weight is 266 g/mol. The van der Waals surface area contributed by atoms with Crippen LogP contribution in [0.5, 0.6) is 0 Å². The van der Waals surface area contributed by atoms with Crippen molar-refractivity contribution in [3.05, 3.63) is 35.6 Å². The normalized spacial score (nSPS) is 18.7. The van der Waals surface area contributed by atoms with Crippen LogP contribution < -0.4 is 5.73 Å². The van der Waals surface area contributed by atoms with Crippen LogP contribution in [0.2, 0.25) is 0 Å².